The van der Waals surface area contributed by atoms with Gasteiger partial charge >= 0.3 is 0 Å². The minimum Gasteiger partial charge on any atom is -0.336 e. The Balaban J connectivity index is 1.83. The third-order valence-corrected chi connectivity index (χ3v) is 4.42. The molecule has 1 N–H and O–H groups in total. The van der Waals surface area contributed by atoms with Gasteiger partial charge in [-0.3, -0.25) is 9.89 Å². The van der Waals surface area contributed by atoms with Crippen molar-refractivity contribution in [2.45, 2.75) is 25.8 Å². The van der Waals surface area contributed by atoms with E-state index < -0.39 is 0 Å². The van der Waals surface area contributed by atoms with Crippen molar-refractivity contribution in [2.75, 3.05) is 6.54 Å². The van der Waals surface area contributed by atoms with Crippen LogP contribution in [0.4, 0.5) is 0 Å². The molecule has 2 aromatic heterocycles. The van der Waals surface area contributed by atoms with Gasteiger partial charge in [0.1, 0.15) is 0 Å². The van der Waals surface area contributed by atoms with Gasteiger partial charge in [0.15, 0.2) is 0 Å². The molecule has 0 aliphatic carbocycles. The zero-order valence-corrected chi connectivity index (χ0v) is 11.0. The van der Waals surface area contributed by atoms with E-state index in [4.69, 9.17) is 0 Å². The first-order valence-electron chi connectivity index (χ1n) is 6.14. The second-order valence-corrected chi connectivity index (χ2v) is 5.59. The number of amides is 1. The lowest BCUT2D eigenvalue weighted by Crippen LogP contribution is -2.33. The summed E-state index contributed by atoms with van der Waals surface area (Å²) in [5, 5.41) is 8.66. The lowest BCUT2D eigenvalue weighted by atomic mass is 10.2. The summed E-state index contributed by atoms with van der Waals surface area (Å²) in [6, 6.07) is 2.33. The Hall–Kier alpha value is -1.62. The molecule has 0 radical (unpaired) electrons. The Bertz CT molecular complexity index is 546. The Morgan fingerprint density at radius 3 is 3.17 bits per heavy atom. The molecule has 5 heteroatoms. The summed E-state index contributed by atoms with van der Waals surface area (Å²) in [5.41, 5.74) is 1.83. The molecular weight excluding hydrogens is 246 g/mol. The van der Waals surface area contributed by atoms with Gasteiger partial charge in [-0.1, -0.05) is 0 Å². The van der Waals surface area contributed by atoms with E-state index in [1.54, 1.807) is 17.5 Å². The molecule has 0 saturated carbocycles. The fourth-order valence-corrected chi connectivity index (χ4v) is 3.25. The normalized spacial score (nSPS) is 19.4. The van der Waals surface area contributed by atoms with Crippen molar-refractivity contribution in [3.63, 3.8) is 0 Å². The number of rotatable bonds is 2. The molecule has 0 aromatic carbocycles. The molecule has 3 rings (SSSR count). The molecule has 1 unspecified atom stereocenters. The highest BCUT2D eigenvalue weighted by molar-refractivity contribution is 7.13. The van der Waals surface area contributed by atoms with Gasteiger partial charge in [0, 0.05) is 34.6 Å². The third-order valence-electron chi connectivity index (χ3n) is 3.44. The molecular formula is C13H15N3OS. The van der Waals surface area contributed by atoms with E-state index in [9.17, 15) is 4.79 Å². The maximum atomic E-state index is 12.3. The second-order valence-electron chi connectivity index (χ2n) is 4.68. The van der Waals surface area contributed by atoms with Crippen molar-refractivity contribution in [1.82, 2.24) is 15.1 Å². The molecule has 18 heavy (non-hydrogen) atoms. The van der Waals surface area contributed by atoms with Crippen molar-refractivity contribution in [3.8, 4) is 10.4 Å². The molecule has 94 valence electrons. The van der Waals surface area contributed by atoms with Crippen LogP contribution in [0.15, 0.2) is 23.8 Å². The van der Waals surface area contributed by atoms with E-state index in [1.165, 1.54) is 0 Å². The van der Waals surface area contributed by atoms with Gasteiger partial charge in [-0.25, -0.2) is 0 Å². The van der Waals surface area contributed by atoms with Crippen LogP contribution in [0.1, 0.15) is 30.1 Å². The highest BCUT2D eigenvalue weighted by atomic mass is 32.1. The average Bonchev–Trinajstić information content (AvgIpc) is 3.09. The summed E-state index contributed by atoms with van der Waals surface area (Å²) in [5.74, 6) is 0.158. The fraction of sp³-hybridized carbons (Fsp3) is 0.385. The van der Waals surface area contributed by atoms with Crippen LogP contribution in [0.3, 0.4) is 0 Å². The molecule has 4 nitrogen and oxygen atoms in total. The van der Waals surface area contributed by atoms with Gasteiger partial charge in [-0.15, -0.1) is 11.3 Å². The lowest BCUT2D eigenvalue weighted by Gasteiger charge is -2.20. The number of aromatic amines is 1. The molecule has 1 aliphatic rings. The maximum Gasteiger partial charge on any atom is 0.254 e. The molecule has 0 spiro atoms. The van der Waals surface area contributed by atoms with E-state index in [0.717, 1.165) is 35.4 Å². The molecule has 3 heterocycles. The number of carbonyl (C=O) groups is 1. The first-order valence-corrected chi connectivity index (χ1v) is 7.02. The quantitative estimate of drug-likeness (QED) is 0.903. The van der Waals surface area contributed by atoms with Crippen LogP contribution < -0.4 is 0 Å². The first-order chi connectivity index (χ1) is 8.75. The van der Waals surface area contributed by atoms with Crippen molar-refractivity contribution in [1.29, 1.82) is 0 Å². The van der Waals surface area contributed by atoms with Crippen LogP contribution in [0.25, 0.3) is 10.4 Å². The highest BCUT2D eigenvalue weighted by Crippen LogP contribution is 2.28. The maximum absolute atomic E-state index is 12.3. The molecule has 1 saturated heterocycles. The highest BCUT2D eigenvalue weighted by Gasteiger charge is 2.26. The van der Waals surface area contributed by atoms with E-state index in [0.29, 0.717) is 6.04 Å². The van der Waals surface area contributed by atoms with E-state index >= 15 is 0 Å². The van der Waals surface area contributed by atoms with Crippen molar-refractivity contribution in [3.05, 3.63) is 29.4 Å². The van der Waals surface area contributed by atoms with Gasteiger partial charge in [-0.2, -0.15) is 5.10 Å². The zero-order chi connectivity index (χ0) is 12.5. The number of nitrogens with zero attached hydrogens (tertiary/aromatic N) is 2. The Labute approximate surface area is 110 Å². The van der Waals surface area contributed by atoms with Crippen LogP contribution in [0.5, 0.6) is 0 Å². The predicted octanol–water partition coefficient (Wildman–Crippen LogP) is 2.76. The SMILES string of the molecule is CC1CCCN1C(=O)c1csc(-c2cn[nH]c2)c1. The van der Waals surface area contributed by atoms with Crippen molar-refractivity contribution >= 4 is 17.2 Å². The van der Waals surface area contributed by atoms with Gasteiger partial charge < -0.3 is 4.90 Å². The van der Waals surface area contributed by atoms with Gasteiger partial charge in [0.25, 0.3) is 5.91 Å². The Morgan fingerprint density at radius 2 is 2.50 bits per heavy atom. The molecule has 1 aliphatic heterocycles. The largest absolute Gasteiger partial charge is 0.336 e. The summed E-state index contributed by atoms with van der Waals surface area (Å²) in [4.78, 5) is 15.4. The monoisotopic (exact) mass is 261 g/mol. The average molecular weight is 261 g/mol. The minimum absolute atomic E-state index is 0.158. The summed E-state index contributed by atoms with van der Waals surface area (Å²) in [6.07, 6.45) is 5.85. The van der Waals surface area contributed by atoms with E-state index in [2.05, 4.69) is 17.1 Å². The standard InChI is InChI=1S/C13H15N3OS/c1-9-3-2-4-16(9)13(17)10-5-12(18-8-10)11-6-14-15-7-11/h5-9H,2-4H2,1H3,(H,14,15). The molecule has 2 aromatic rings. The van der Waals surface area contributed by atoms with E-state index in [1.807, 2.05) is 22.5 Å². The number of nitrogens with one attached hydrogen (secondary N) is 1. The second kappa shape index (κ2) is 4.57. The summed E-state index contributed by atoms with van der Waals surface area (Å²) < 4.78 is 0. The third kappa shape index (κ3) is 1.95. The molecule has 0 bridgehead atoms. The Kier molecular flexibility index (Phi) is 2.91. The fourth-order valence-electron chi connectivity index (χ4n) is 2.39. The van der Waals surface area contributed by atoms with Gasteiger partial charge in [-0.05, 0) is 25.8 Å². The summed E-state index contributed by atoms with van der Waals surface area (Å²) in [7, 11) is 0. The predicted molar refractivity (Wildman–Crippen MR) is 71.6 cm³/mol. The number of H-pyrrole nitrogens is 1. The van der Waals surface area contributed by atoms with Gasteiger partial charge in [0.05, 0.1) is 11.8 Å². The summed E-state index contributed by atoms with van der Waals surface area (Å²) in [6.45, 7) is 3.01. The van der Waals surface area contributed by atoms with Crippen LogP contribution in [-0.4, -0.2) is 33.6 Å². The number of carbonyl (C=O) groups excluding carboxylic acids is 1. The number of thiophene rings is 1. The van der Waals surface area contributed by atoms with E-state index in [-0.39, 0.29) is 5.91 Å². The molecule has 1 atom stereocenters. The number of hydrogen-bond donors (Lipinski definition) is 1. The van der Waals surface area contributed by atoms with Crippen molar-refractivity contribution in [2.24, 2.45) is 0 Å². The zero-order valence-electron chi connectivity index (χ0n) is 10.2. The Morgan fingerprint density at radius 1 is 1.61 bits per heavy atom. The van der Waals surface area contributed by atoms with Crippen LogP contribution in [0.2, 0.25) is 0 Å². The molecule has 1 amide bonds. The minimum atomic E-state index is 0.158. The molecule has 1 fully saturated rings. The number of aromatic nitrogens is 2. The van der Waals surface area contributed by atoms with Crippen molar-refractivity contribution < 1.29 is 4.79 Å². The first kappa shape index (κ1) is 11.5. The topological polar surface area (TPSA) is 49.0 Å². The summed E-state index contributed by atoms with van der Waals surface area (Å²) >= 11 is 1.59. The lowest BCUT2D eigenvalue weighted by molar-refractivity contribution is 0.0748. The smallest absolute Gasteiger partial charge is 0.254 e. The number of hydrogen-bond acceptors (Lipinski definition) is 3. The number of likely N-dealkylation sites (tertiary alicyclic amines) is 1. The van der Waals surface area contributed by atoms with Gasteiger partial charge in [0.2, 0.25) is 0 Å². The van der Waals surface area contributed by atoms with Crippen LogP contribution in [0, 0.1) is 0 Å². The van der Waals surface area contributed by atoms with Crippen LogP contribution >= 0.6 is 11.3 Å². The van der Waals surface area contributed by atoms with Crippen LogP contribution in [-0.2, 0) is 0 Å².